The molecule has 5 heterocycles. The minimum Gasteiger partial charge on any atom is -0.348 e. The quantitative estimate of drug-likeness (QED) is 0.918. The molecule has 7 nitrogen and oxygen atoms in total. The van der Waals surface area contributed by atoms with E-state index < -0.39 is 0 Å². The van der Waals surface area contributed by atoms with E-state index in [1.54, 1.807) is 24.9 Å². The zero-order valence-corrected chi connectivity index (χ0v) is 13.9. The molecular weight excluding hydrogens is 304 g/mol. The summed E-state index contributed by atoms with van der Waals surface area (Å²) < 4.78 is 0. The van der Waals surface area contributed by atoms with Gasteiger partial charge in [0.2, 0.25) is 0 Å². The Labute approximate surface area is 141 Å². The summed E-state index contributed by atoms with van der Waals surface area (Å²) >= 11 is 0. The zero-order valence-electron chi connectivity index (χ0n) is 13.9. The Kier molecular flexibility index (Phi) is 4.02. The van der Waals surface area contributed by atoms with Crippen LogP contribution in [-0.4, -0.2) is 61.3 Å². The predicted molar refractivity (Wildman–Crippen MR) is 88.2 cm³/mol. The number of nitrogens with zero attached hydrogens (tertiary/aromatic N) is 5. The van der Waals surface area contributed by atoms with Crippen molar-refractivity contribution in [3.63, 3.8) is 0 Å². The summed E-state index contributed by atoms with van der Waals surface area (Å²) in [6.45, 7) is 5.63. The molecule has 1 amide bonds. The second-order valence-corrected chi connectivity index (χ2v) is 6.81. The van der Waals surface area contributed by atoms with Crippen LogP contribution in [0.25, 0.3) is 0 Å². The lowest BCUT2D eigenvalue weighted by atomic mass is 9.95. The Morgan fingerprint density at radius 2 is 2.17 bits per heavy atom. The smallest absolute Gasteiger partial charge is 0.274 e. The van der Waals surface area contributed by atoms with Crippen LogP contribution >= 0.6 is 0 Å². The van der Waals surface area contributed by atoms with Gasteiger partial charge in [-0.15, -0.1) is 0 Å². The number of carbonyl (C=O) groups is 1. The maximum Gasteiger partial charge on any atom is 0.274 e. The first-order valence-electron chi connectivity index (χ1n) is 8.49. The van der Waals surface area contributed by atoms with Crippen molar-refractivity contribution in [1.82, 2.24) is 29.7 Å². The van der Waals surface area contributed by atoms with Crippen molar-refractivity contribution >= 4 is 5.91 Å². The highest BCUT2D eigenvalue weighted by Gasteiger charge is 2.38. The van der Waals surface area contributed by atoms with Crippen LogP contribution in [0.1, 0.15) is 34.7 Å². The molecule has 0 unspecified atom stereocenters. The monoisotopic (exact) mass is 326 g/mol. The SMILES string of the molecule is Cc1[nH]cnc1CN1C[C@@H]2CC[C@H](C1)N(C(=O)c1cnccn1)C2. The van der Waals surface area contributed by atoms with Crippen molar-refractivity contribution in [1.29, 1.82) is 0 Å². The molecular formula is C17H22N6O. The topological polar surface area (TPSA) is 78.0 Å². The molecule has 7 heteroatoms. The van der Waals surface area contributed by atoms with E-state index in [0.29, 0.717) is 11.6 Å². The van der Waals surface area contributed by atoms with Crippen LogP contribution in [0.2, 0.25) is 0 Å². The number of fused-ring (bicyclic) bond motifs is 4. The van der Waals surface area contributed by atoms with Crippen LogP contribution in [0, 0.1) is 12.8 Å². The molecule has 3 fully saturated rings. The number of rotatable bonds is 3. The van der Waals surface area contributed by atoms with Gasteiger partial charge in [-0.3, -0.25) is 14.7 Å². The van der Waals surface area contributed by atoms with Crippen LogP contribution in [0.15, 0.2) is 24.9 Å². The molecule has 5 rings (SSSR count). The van der Waals surface area contributed by atoms with Crippen LogP contribution in [0.4, 0.5) is 0 Å². The number of imidazole rings is 1. The normalized spacial score (nSPS) is 24.1. The summed E-state index contributed by atoms with van der Waals surface area (Å²) in [5.74, 6) is 0.527. The molecule has 2 aromatic heterocycles. The Morgan fingerprint density at radius 3 is 2.92 bits per heavy atom. The van der Waals surface area contributed by atoms with Crippen molar-refractivity contribution in [2.45, 2.75) is 32.4 Å². The van der Waals surface area contributed by atoms with E-state index in [-0.39, 0.29) is 11.9 Å². The Hall–Kier alpha value is -2.28. The number of H-pyrrole nitrogens is 1. The number of hydrogen-bond donors (Lipinski definition) is 1. The number of carbonyl (C=O) groups excluding carboxylic acids is 1. The van der Waals surface area contributed by atoms with Crippen LogP contribution in [-0.2, 0) is 6.54 Å². The Bertz CT molecular complexity index is 715. The van der Waals surface area contributed by atoms with Gasteiger partial charge in [-0.25, -0.2) is 9.97 Å². The zero-order chi connectivity index (χ0) is 16.5. The van der Waals surface area contributed by atoms with E-state index in [2.05, 4.69) is 31.8 Å². The first kappa shape index (κ1) is 15.3. The number of aryl methyl sites for hydroxylation is 1. The van der Waals surface area contributed by atoms with Crippen molar-refractivity contribution in [3.8, 4) is 0 Å². The molecule has 3 saturated heterocycles. The second-order valence-electron chi connectivity index (χ2n) is 6.81. The molecule has 2 aromatic rings. The van der Waals surface area contributed by atoms with Crippen molar-refractivity contribution < 1.29 is 4.79 Å². The second kappa shape index (κ2) is 6.32. The minimum atomic E-state index is 0.00981. The number of hydrogen-bond acceptors (Lipinski definition) is 5. The lowest BCUT2D eigenvalue weighted by Gasteiger charge is -2.35. The first-order chi connectivity index (χ1) is 11.7. The Morgan fingerprint density at radius 1 is 1.25 bits per heavy atom. The highest BCUT2D eigenvalue weighted by Crippen LogP contribution is 2.29. The van der Waals surface area contributed by atoms with Gasteiger partial charge in [-0.1, -0.05) is 0 Å². The molecule has 0 aromatic carbocycles. The molecule has 126 valence electrons. The van der Waals surface area contributed by atoms with Gasteiger partial charge in [-0.05, 0) is 25.7 Å². The average molecular weight is 326 g/mol. The molecule has 0 saturated carbocycles. The van der Waals surface area contributed by atoms with E-state index in [9.17, 15) is 4.79 Å². The highest BCUT2D eigenvalue weighted by atomic mass is 16.2. The molecule has 2 bridgehead atoms. The van der Waals surface area contributed by atoms with E-state index >= 15 is 0 Å². The fourth-order valence-corrected chi connectivity index (χ4v) is 3.87. The number of aromatic amines is 1. The van der Waals surface area contributed by atoms with E-state index in [1.807, 2.05) is 4.90 Å². The number of piperidine rings is 1. The Balaban J connectivity index is 1.50. The summed E-state index contributed by atoms with van der Waals surface area (Å²) in [4.78, 5) is 33.0. The molecule has 2 atom stereocenters. The summed E-state index contributed by atoms with van der Waals surface area (Å²) in [6, 6.07) is 0.248. The van der Waals surface area contributed by atoms with Crippen molar-refractivity contribution in [3.05, 3.63) is 42.0 Å². The number of amides is 1. The van der Waals surface area contributed by atoms with Gasteiger partial charge in [0.25, 0.3) is 5.91 Å². The number of nitrogens with one attached hydrogen (secondary N) is 1. The first-order valence-corrected chi connectivity index (χ1v) is 8.49. The molecule has 0 spiro atoms. The summed E-state index contributed by atoms with van der Waals surface area (Å²) in [6.07, 6.45) is 8.74. The molecule has 0 radical (unpaired) electrons. The fraction of sp³-hybridized carbons (Fsp3) is 0.529. The third kappa shape index (κ3) is 2.91. The predicted octanol–water partition coefficient (Wildman–Crippen LogP) is 1.24. The summed E-state index contributed by atoms with van der Waals surface area (Å²) in [5.41, 5.74) is 2.67. The van der Waals surface area contributed by atoms with Crippen LogP contribution in [0.3, 0.4) is 0 Å². The van der Waals surface area contributed by atoms with E-state index in [4.69, 9.17) is 0 Å². The van der Waals surface area contributed by atoms with Gasteiger partial charge < -0.3 is 9.88 Å². The molecule has 3 aliphatic rings. The highest BCUT2D eigenvalue weighted by molar-refractivity contribution is 5.92. The fourth-order valence-electron chi connectivity index (χ4n) is 3.87. The van der Waals surface area contributed by atoms with Gasteiger partial charge >= 0.3 is 0 Å². The van der Waals surface area contributed by atoms with E-state index in [1.165, 1.54) is 6.42 Å². The lowest BCUT2D eigenvalue weighted by molar-refractivity contribution is 0.0578. The maximum atomic E-state index is 12.8. The van der Waals surface area contributed by atoms with Crippen molar-refractivity contribution in [2.24, 2.45) is 5.92 Å². The number of aromatic nitrogens is 4. The van der Waals surface area contributed by atoms with Gasteiger partial charge in [0.1, 0.15) is 5.69 Å². The van der Waals surface area contributed by atoms with Crippen molar-refractivity contribution in [2.75, 3.05) is 19.6 Å². The molecule has 0 aliphatic carbocycles. The third-order valence-corrected chi connectivity index (χ3v) is 5.14. The standard InChI is InChI=1S/C17H22N6O/c1-12-16(21-11-20-12)10-22-7-13-2-3-14(9-22)23(8-13)17(24)15-6-18-4-5-19-15/h4-6,11,13-14H,2-3,7-10H2,1H3,(H,20,21)/t13-,14+/m0/s1. The van der Waals surface area contributed by atoms with Gasteiger partial charge in [-0.2, -0.15) is 0 Å². The third-order valence-electron chi connectivity index (χ3n) is 5.14. The van der Waals surface area contributed by atoms with E-state index in [0.717, 1.165) is 44.0 Å². The van der Waals surface area contributed by atoms with Gasteiger partial charge in [0.05, 0.1) is 18.2 Å². The lowest BCUT2D eigenvalue weighted by Crippen LogP contribution is -2.47. The summed E-state index contributed by atoms with van der Waals surface area (Å²) in [7, 11) is 0. The van der Waals surface area contributed by atoms with Gasteiger partial charge in [0, 0.05) is 50.3 Å². The molecule has 1 N–H and O–H groups in total. The molecule has 3 aliphatic heterocycles. The maximum absolute atomic E-state index is 12.8. The minimum absolute atomic E-state index is 0.00981. The molecule has 24 heavy (non-hydrogen) atoms. The van der Waals surface area contributed by atoms with Crippen LogP contribution in [0.5, 0.6) is 0 Å². The van der Waals surface area contributed by atoms with Gasteiger partial charge in [0.15, 0.2) is 0 Å². The average Bonchev–Trinajstić information content (AvgIpc) is 2.83. The largest absolute Gasteiger partial charge is 0.348 e. The summed E-state index contributed by atoms with van der Waals surface area (Å²) in [5, 5.41) is 0. The van der Waals surface area contributed by atoms with Crippen LogP contribution < -0.4 is 0 Å².